The number of aromatic nitrogens is 1. The normalized spacial score (nSPS) is 26.6. The predicted octanol–water partition coefficient (Wildman–Crippen LogP) is 1.72. The average Bonchev–Trinajstić information content (AvgIpc) is 3.03. The van der Waals surface area contributed by atoms with Gasteiger partial charge in [0.05, 0.1) is 25.3 Å². The zero-order valence-electron chi connectivity index (χ0n) is 14.0. The molecule has 25 heavy (non-hydrogen) atoms. The topological polar surface area (TPSA) is 98.9 Å². The second-order valence-corrected chi connectivity index (χ2v) is 6.49. The molecule has 1 heterocycles. The van der Waals surface area contributed by atoms with Gasteiger partial charge in [-0.1, -0.05) is 24.2 Å². The molecule has 7 heteroatoms. The number of carbonyl (C=O) groups is 2. The number of esters is 1. The minimum Gasteiger partial charge on any atom is -0.496 e. The Hall–Kier alpha value is -2.67. The summed E-state index contributed by atoms with van der Waals surface area (Å²) < 4.78 is 15.6. The summed E-state index contributed by atoms with van der Waals surface area (Å²) in [7, 11) is 2.74. The van der Waals surface area contributed by atoms with Gasteiger partial charge in [0.2, 0.25) is 5.78 Å². The lowest BCUT2D eigenvalue weighted by Gasteiger charge is -2.42. The summed E-state index contributed by atoms with van der Waals surface area (Å²) in [5, 5.41) is 15.6. The van der Waals surface area contributed by atoms with Crippen LogP contribution in [0.1, 0.15) is 28.6 Å². The standard InChI is InChI=1S/C18H17NO6/c1-8-7-11-14-15(19-25-11)12-9(5-4-6-10(12)23-2)16(20)18(14,22)13(8)17(21)24-3/h4-6,8,13,22H,7H2,1-3H3/t8-,13-,18+/m1/s1. The molecule has 0 bridgehead atoms. The Labute approximate surface area is 143 Å². The van der Waals surface area contributed by atoms with Crippen LogP contribution in [0.4, 0.5) is 0 Å². The highest BCUT2D eigenvalue weighted by atomic mass is 16.5. The van der Waals surface area contributed by atoms with Crippen LogP contribution in [0, 0.1) is 11.8 Å². The molecule has 0 saturated carbocycles. The van der Waals surface area contributed by atoms with Crippen LogP contribution in [0.15, 0.2) is 22.7 Å². The van der Waals surface area contributed by atoms with Crippen molar-refractivity contribution in [1.82, 2.24) is 5.16 Å². The number of hydrogen-bond donors (Lipinski definition) is 1. The molecule has 0 saturated heterocycles. The second kappa shape index (κ2) is 5.16. The molecule has 7 nitrogen and oxygen atoms in total. The van der Waals surface area contributed by atoms with Gasteiger partial charge in [-0.15, -0.1) is 0 Å². The number of Topliss-reactive ketones (excluding diaryl/α,β-unsaturated/α-hetero) is 1. The molecule has 2 aliphatic rings. The Bertz CT molecular complexity index is 901. The van der Waals surface area contributed by atoms with E-state index in [0.29, 0.717) is 29.2 Å². The number of hydrogen-bond acceptors (Lipinski definition) is 7. The average molecular weight is 343 g/mol. The van der Waals surface area contributed by atoms with E-state index in [1.807, 2.05) is 0 Å². The van der Waals surface area contributed by atoms with Crippen LogP contribution < -0.4 is 4.74 Å². The van der Waals surface area contributed by atoms with E-state index >= 15 is 0 Å². The van der Waals surface area contributed by atoms with Gasteiger partial charge in [-0.3, -0.25) is 9.59 Å². The van der Waals surface area contributed by atoms with Gasteiger partial charge in [0.1, 0.15) is 23.1 Å². The third-order valence-corrected chi connectivity index (χ3v) is 5.20. The monoisotopic (exact) mass is 343 g/mol. The summed E-state index contributed by atoms with van der Waals surface area (Å²) in [5.74, 6) is -1.71. The number of benzene rings is 1. The fourth-order valence-corrected chi connectivity index (χ4v) is 4.13. The van der Waals surface area contributed by atoms with Gasteiger partial charge in [0.25, 0.3) is 0 Å². The lowest BCUT2D eigenvalue weighted by atomic mass is 9.62. The van der Waals surface area contributed by atoms with Gasteiger partial charge in [-0.25, -0.2) is 0 Å². The highest BCUT2D eigenvalue weighted by molar-refractivity contribution is 6.14. The van der Waals surface area contributed by atoms with Crippen molar-refractivity contribution < 1.29 is 28.7 Å². The number of ether oxygens (including phenoxy) is 2. The zero-order valence-corrected chi connectivity index (χ0v) is 14.0. The van der Waals surface area contributed by atoms with E-state index in [2.05, 4.69) is 5.16 Å². The number of methoxy groups -OCH3 is 2. The largest absolute Gasteiger partial charge is 0.496 e. The van der Waals surface area contributed by atoms with Crippen LogP contribution in [0.5, 0.6) is 5.75 Å². The van der Waals surface area contributed by atoms with Crippen LogP contribution in [0.25, 0.3) is 11.3 Å². The molecule has 0 radical (unpaired) electrons. The van der Waals surface area contributed by atoms with E-state index in [-0.39, 0.29) is 17.0 Å². The van der Waals surface area contributed by atoms with Gasteiger partial charge in [-0.2, -0.15) is 0 Å². The first-order valence-electron chi connectivity index (χ1n) is 7.96. The molecule has 0 spiro atoms. The summed E-state index contributed by atoms with van der Waals surface area (Å²) >= 11 is 0. The van der Waals surface area contributed by atoms with Crippen LogP contribution in [0.2, 0.25) is 0 Å². The smallest absolute Gasteiger partial charge is 0.312 e. The van der Waals surface area contributed by atoms with Crippen molar-refractivity contribution in [2.75, 3.05) is 14.2 Å². The number of carbonyl (C=O) groups excluding carboxylic acids is 2. The summed E-state index contributed by atoms with van der Waals surface area (Å²) in [6.07, 6.45) is 0.377. The Balaban J connectivity index is 2.06. The van der Waals surface area contributed by atoms with E-state index in [0.717, 1.165) is 0 Å². The molecule has 3 atom stereocenters. The van der Waals surface area contributed by atoms with Crippen molar-refractivity contribution >= 4 is 11.8 Å². The number of rotatable bonds is 2. The Morgan fingerprint density at radius 1 is 1.40 bits per heavy atom. The van der Waals surface area contributed by atoms with Gasteiger partial charge >= 0.3 is 5.97 Å². The number of nitrogens with zero attached hydrogens (tertiary/aromatic N) is 1. The minimum atomic E-state index is -2.06. The van der Waals surface area contributed by atoms with Crippen molar-refractivity contribution in [3.8, 4) is 17.0 Å². The summed E-state index contributed by atoms with van der Waals surface area (Å²) in [5.41, 5.74) is -0.747. The lowest BCUT2D eigenvalue weighted by molar-refractivity contribution is -0.158. The summed E-state index contributed by atoms with van der Waals surface area (Å²) in [6, 6.07) is 4.95. The lowest BCUT2D eigenvalue weighted by Crippen LogP contribution is -2.54. The number of ketones is 1. The van der Waals surface area contributed by atoms with E-state index in [4.69, 9.17) is 14.0 Å². The minimum absolute atomic E-state index is 0.247. The molecule has 130 valence electrons. The molecular formula is C18H17NO6. The van der Waals surface area contributed by atoms with Gasteiger partial charge < -0.3 is 19.1 Å². The predicted molar refractivity (Wildman–Crippen MR) is 85.1 cm³/mol. The van der Waals surface area contributed by atoms with Crippen LogP contribution >= 0.6 is 0 Å². The molecule has 2 aliphatic carbocycles. The van der Waals surface area contributed by atoms with Gasteiger partial charge in [0, 0.05) is 12.0 Å². The molecule has 1 aromatic carbocycles. The van der Waals surface area contributed by atoms with Crippen molar-refractivity contribution in [3.63, 3.8) is 0 Å². The van der Waals surface area contributed by atoms with Gasteiger partial charge in [-0.05, 0) is 12.0 Å². The first-order chi connectivity index (χ1) is 11.9. The molecule has 1 N–H and O–H groups in total. The molecule has 2 aromatic rings. The summed E-state index contributed by atoms with van der Waals surface area (Å²) in [4.78, 5) is 25.7. The SMILES string of the molecule is COC(=O)[C@H]1[C@H](C)Cc2onc3c2[C@]1(O)C(=O)c1cccc(OC)c1-3. The Morgan fingerprint density at radius 2 is 2.16 bits per heavy atom. The third-order valence-electron chi connectivity index (χ3n) is 5.20. The molecule has 1 aromatic heterocycles. The Morgan fingerprint density at radius 3 is 2.84 bits per heavy atom. The maximum absolute atomic E-state index is 13.3. The Kier molecular flexibility index (Phi) is 3.27. The second-order valence-electron chi connectivity index (χ2n) is 6.49. The highest BCUT2D eigenvalue weighted by Gasteiger charge is 2.61. The van der Waals surface area contributed by atoms with E-state index in [1.54, 1.807) is 25.1 Å². The molecule has 0 amide bonds. The van der Waals surface area contributed by atoms with Crippen LogP contribution in [0.3, 0.4) is 0 Å². The zero-order chi connectivity index (χ0) is 17.9. The van der Waals surface area contributed by atoms with Crippen molar-refractivity contribution in [3.05, 3.63) is 35.1 Å². The van der Waals surface area contributed by atoms with Gasteiger partial charge in [0.15, 0.2) is 5.60 Å². The van der Waals surface area contributed by atoms with E-state index < -0.39 is 23.3 Å². The maximum atomic E-state index is 13.3. The van der Waals surface area contributed by atoms with E-state index in [9.17, 15) is 14.7 Å². The molecule has 0 unspecified atom stereocenters. The molecular weight excluding hydrogens is 326 g/mol. The van der Waals surface area contributed by atoms with Crippen LogP contribution in [-0.2, 0) is 21.6 Å². The maximum Gasteiger partial charge on any atom is 0.312 e. The highest BCUT2D eigenvalue weighted by Crippen LogP contribution is 2.54. The van der Waals surface area contributed by atoms with Crippen LogP contribution in [-0.4, -0.2) is 36.2 Å². The fraction of sp³-hybridized carbons (Fsp3) is 0.389. The van der Waals surface area contributed by atoms with Crippen molar-refractivity contribution in [2.45, 2.75) is 18.9 Å². The first-order valence-corrected chi connectivity index (χ1v) is 7.96. The molecule has 0 aliphatic heterocycles. The molecule has 4 rings (SSSR count). The van der Waals surface area contributed by atoms with Crippen molar-refractivity contribution in [2.24, 2.45) is 11.8 Å². The molecule has 0 fully saturated rings. The fourth-order valence-electron chi connectivity index (χ4n) is 4.13. The third kappa shape index (κ3) is 1.81. The first kappa shape index (κ1) is 15.8. The quantitative estimate of drug-likeness (QED) is 0.829. The number of aliphatic hydroxyl groups is 1. The summed E-state index contributed by atoms with van der Waals surface area (Å²) in [6.45, 7) is 1.78. The number of fused-ring (bicyclic) bond motifs is 2. The van der Waals surface area contributed by atoms with Crippen molar-refractivity contribution in [1.29, 1.82) is 0 Å². The van der Waals surface area contributed by atoms with E-state index in [1.165, 1.54) is 14.2 Å².